The van der Waals surface area contributed by atoms with Crippen LogP contribution in [0.5, 0.6) is 0 Å². The summed E-state index contributed by atoms with van der Waals surface area (Å²) in [6.45, 7) is 2.07. The Morgan fingerprint density at radius 1 is 0.950 bits per heavy atom. The van der Waals surface area contributed by atoms with E-state index in [0.717, 1.165) is 22.3 Å². The van der Waals surface area contributed by atoms with Crippen LogP contribution in [0, 0.1) is 6.92 Å². The maximum absolute atomic E-state index is 4.50. The highest BCUT2D eigenvalue weighted by Crippen LogP contribution is 2.14. The summed E-state index contributed by atoms with van der Waals surface area (Å²) in [5.74, 6) is 0.743. The van der Waals surface area contributed by atoms with Crippen LogP contribution in [-0.2, 0) is 0 Å². The van der Waals surface area contributed by atoms with E-state index in [9.17, 15) is 0 Å². The van der Waals surface area contributed by atoms with Crippen molar-refractivity contribution in [2.75, 3.05) is 5.43 Å². The molecule has 0 atom stereocenters. The van der Waals surface area contributed by atoms with Crippen LogP contribution in [0.2, 0.25) is 0 Å². The van der Waals surface area contributed by atoms with Crippen molar-refractivity contribution in [2.45, 2.75) is 6.92 Å². The van der Waals surface area contributed by atoms with Crippen molar-refractivity contribution in [1.82, 2.24) is 4.98 Å². The quantitative estimate of drug-likeness (QED) is 0.571. The lowest BCUT2D eigenvalue weighted by Crippen LogP contribution is -1.93. The molecule has 0 fully saturated rings. The number of hydrazone groups is 1. The van der Waals surface area contributed by atoms with Crippen molar-refractivity contribution in [3.05, 3.63) is 71.8 Å². The number of aryl methyl sites for hydroxylation is 1. The monoisotopic (exact) mass is 261 g/mol. The smallest absolute Gasteiger partial charge is 0.146 e. The lowest BCUT2D eigenvalue weighted by Gasteiger charge is -2.01. The Kier molecular flexibility index (Phi) is 3.42. The summed E-state index contributed by atoms with van der Waals surface area (Å²) >= 11 is 0. The van der Waals surface area contributed by atoms with E-state index in [0.29, 0.717) is 0 Å². The standard InChI is InChI=1S/C17H15N3/c1-13-6-8-14(9-7-13)12-18-20-17-11-10-15-4-2-3-5-16(15)19-17/h2-12H,1H3,(H,19,20)/b18-12+. The Labute approximate surface area is 118 Å². The van der Waals surface area contributed by atoms with Gasteiger partial charge in [0.15, 0.2) is 0 Å². The van der Waals surface area contributed by atoms with Gasteiger partial charge in [-0.15, -0.1) is 0 Å². The van der Waals surface area contributed by atoms with E-state index >= 15 is 0 Å². The molecule has 1 heterocycles. The van der Waals surface area contributed by atoms with Crippen LogP contribution in [0.25, 0.3) is 10.9 Å². The molecule has 1 N–H and O–H groups in total. The summed E-state index contributed by atoms with van der Waals surface area (Å²) < 4.78 is 0. The van der Waals surface area contributed by atoms with E-state index in [-0.39, 0.29) is 0 Å². The zero-order valence-corrected chi connectivity index (χ0v) is 11.2. The van der Waals surface area contributed by atoms with Gasteiger partial charge in [0, 0.05) is 5.39 Å². The van der Waals surface area contributed by atoms with Gasteiger partial charge in [-0.3, -0.25) is 5.43 Å². The lowest BCUT2D eigenvalue weighted by atomic mass is 10.2. The summed E-state index contributed by atoms with van der Waals surface area (Å²) in [7, 11) is 0. The fourth-order valence-corrected chi connectivity index (χ4v) is 1.95. The van der Waals surface area contributed by atoms with Gasteiger partial charge in [0.05, 0.1) is 11.7 Å². The number of rotatable bonds is 3. The molecule has 3 heteroatoms. The summed E-state index contributed by atoms with van der Waals surface area (Å²) in [6.07, 6.45) is 1.79. The van der Waals surface area contributed by atoms with E-state index in [2.05, 4.69) is 34.6 Å². The van der Waals surface area contributed by atoms with E-state index in [1.807, 2.05) is 48.5 Å². The molecule has 0 amide bonds. The Hall–Kier alpha value is -2.68. The second-order valence-corrected chi connectivity index (χ2v) is 4.67. The highest BCUT2D eigenvalue weighted by atomic mass is 15.3. The molecule has 0 radical (unpaired) electrons. The predicted molar refractivity (Wildman–Crippen MR) is 84.1 cm³/mol. The lowest BCUT2D eigenvalue weighted by molar-refractivity contribution is 1.26. The molecule has 2 aromatic carbocycles. The SMILES string of the molecule is Cc1ccc(/C=N/Nc2ccc3ccccc3n2)cc1. The van der Waals surface area contributed by atoms with Crippen LogP contribution >= 0.6 is 0 Å². The topological polar surface area (TPSA) is 37.3 Å². The number of nitrogens with zero attached hydrogens (tertiary/aromatic N) is 2. The van der Waals surface area contributed by atoms with Gasteiger partial charge < -0.3 is 0 Å². The van der Waals surface area contributed by atoms with Gasteiger partial charge >= 0.3 is 0 Å². The zero-order valence-electron chi connectivity index (χ0n) is 11.2. The molecule has 0 aliphatic heterocycles. The van der Waals surface area contributed by atoms with Crippen molar-refractivity contribution in [3.63, 3.8) is 0 Å². The Bertz CT molecular complexity index is 746. The third-order valence-electron chi connectivity index (χ3n) is 3.07. The number of hydrogen-bond donors (Lipinski definition) is 1. The molecular formula is C17H15N3. The van der Waals surface area contributed by atoms with Crippen LogP contribution in [0.1, 0.15) is 11.1 Å². The summed E-state index contributed by atoms with van der Waals surface area (Å²) in [6, 6.07) is 20.2. The zero-order chi connectivity index (χ0) is 13.8. The van der Waals surface area contributed by atoms with Crippen molar-refractivity contribution in [2.24, 2.45) is 5.10 Å². The molecule has 3 nitrogen and oxygen atoms in total. The molecular weight excluding hydrogens is 246 g/mol. The number of anilines is 1. The first-order valence-electron chi connectivity index (χ1n) is 6.53. The average molecular weight is 261 g/mol. The normalized spacial score (nSPS) is 11.1. The largest absolute Gasteiger partial charge is 0.261 e. The van der Waals surface area contributed by atoms with Gasteiger partial charge in [-0.2, -0.15) is 5.10 Å². The van der Waals surface area contributed by atoms with E-state index in [1.165, 1.54) is 5.56 Å². The minimum absolute atomic E-state index is 0.743. The molecule has 1 aromatic heterocycles. The first kappa shape index (κ1) is 12.4. The van der Waals surface area contributed by atoms with Crippen molar-refractivity contribution >= 4 is 22.9 Å². The number of fused-ring (bicyclic) bond motifs is 1. The number of pyridine rings is 1. The van der Waals surface area contributed by atoms with Gasteiger partial charge in [-0.1, -0.05) is 48.0 Å². The van der Waals surface area contributed by atoms with Crippen LogP contribution < -0.4 is 5.43 Å². The van der Waals surface area contributed by atoms with Gasteiger partial charge in [0.1, 0.15) is 5.82 Å². The third-order valence-corrected chi connectivity index (χ3v) is 3.07. The second kappa shape index (κ2) is 5.53. The van der Waals surface area contributed by atoms with Crippen LogP contribution in [-0.4, -0.2) is 11.2 Å². The molecule has 0 unspecified atom stereocenters. The summed E-state index contributed by atoms with van der Waals surface area (Å²) in [5, 5.41) is 5.34. The van der Waals surface area contributed by atoms with E-state index in [4.69, 9.17) is 0 Å². The molecule has 0 bridgehead atoms. The summed E-state index contributed by atoms with van der Waals surface area (Å²) in [4.78, 5) is 4.50. The number of aromatic nitrogens is 1. The Balaban J connectivity index is 1.74. The molecule has 20 heavy (non-hydrogen) atoms. The fourth-order valence-electron chi connectivity index (χ4n) is 1.95. The number of benzene rings is 2. The molecule has 3 rings (SSSR count). The number of nitrogens with one attached hydrogen (secondary N) is 1. The molecule has 0 aliphatic carbocycles. The van der Waals surface area contributed by atoms with Gasteiger partial charge in [-0.05, 0) is 30.7 Å². The highest BCUT2D eigenvalue weighted by molar-refractivity contribution is 5.81. The van der Waals surface area contributed by atoms with Crippen molar-refractivity contribution in [1.29, 1.82) is 0 Å². The second-order valence-electron chi connectivity index (χ2n) is 4.67. The van der Waals surface area contributed by atoms with Gasteiger partial charge in [0.25, 0.3) is 0 Å². The first-order valence-corrected chi connectivity index (χ1v) is 6.53. The molecule has 98 valence electrons. The third kappa shape index (κ3) is 2.83. The molecule has 0 spiro atoms. The molecule has 0 saturated carbocycles. The fraction of sp³-hybridized carbons (Fsp3) is 0.0588. The number of hydrogen-bond acceptors (Lipinski definition) is 3. The maximum Gasteiger partial charge on any atom is 0.146 e. The molecule has 0 saturated heterocycles. The highest BCUT2D eigenvalue weighted by Gasteiger charge is 1.95. The van der Waals surface area contributed by atoms with Gasteiger partial charge in [0.2, 0.25) is 0 Å². The van der Waals surface area contributed by atoms with E-state index < -0.39 is 0 Å². The molecule has 0 aliphatic rings. The van der Waals surface area contributed by atoms with Crippen LogP contribution in [0.15, 0.2) is 65.8 Å². The number of para-hydroxylation sites is 1. The van der Waals surface area contributed by atoms with E-state index in [1.54, 1.807) is 6.21 Å². The average Bonchev–Trinajstić information content (AvgIpc) is 2.49. The van der Waals surface area contributed by atoms with Crippen LogP contribution in [0.3, 0.4) is 0 Å². The first-order chi connectivity index (χ1) is 9.81. The Morgan fingerprint density at radius 2 is 1.75 bits per heavy atom. The van der Waals surface area contributed by atoms with Gasteiger partial charge in [-0.25, -0.2) is 4.98 Å². The van der Waals surface area contributed by atoms with Crippen LogP contribution in [0.4, 0.5) is 5.82 Å². The minimum atomic E-state index is 0.743. The van der Waals surface area contributed by atoms with Crippen molar-refractivity contribution < 1.29 is 0 Å². The van der Waals surface area contributed by atoms with Crippen molar-refractivity contribution in [3.8, 4) is 0 Å². The maximum atomic E-state index is 4.50. The molecule has 3 aromatic rings. The minimum Gasteiger partial charge on any atom is -0.261 e. The summed E-state index contributed by atoms with van der Waals surface area (Å²) in [5.41, 5.74) is 6.22. The Morgan fingerprint density at radius 3 is 2.60 bits per heavy atom. The predicted octanol–water partition coefficient (Wildman–Crippen LogP) is 3.99.